The highest BCUT2D eigenvalue weighted by molar-refractivity contribution is 5.71. The first kappa shape index (κ1) is 86.6. The summed E-state index contributed by atoms with van der Waals surface area (Å²) in [5.41, 5.74) is 0. The van der Waals surface area contributed by atoms with Crippen LogP contribution < -0.4 is 0 Å². The van der Waals surface area contributed by atoms with Crippen molar-refractivity contribution in [1.82, 2.24) is 0 Å². The van der Waals surface area contributed by atoms with Crippen LogP contribution in [0.5, 0.6) is 0 Å². The van der Waals surface area contributed by atoms with Gasteiger partial charge < -0.3 is 28.5 Å². The summed E-state index contributed by atoms with van der Waals surface area (Å²) >= 11 is 0. The SMILES string of the molecule is CC/C=C\C/C=C\C/C=C\C/C=C\C/C=C\C/C=C\C/C=C\C/C=C\C/C=C\C/C=C\C/C=C\C/C=C\CCCCC(=O)OC(COC(=O)CCCCCCCCCCCC/C=C\C/C=C\C/C=C\C/C=C\C/C=C\C/C=C\CC)COC(OCC[N+](C)(C)C)C(=O)O. The number of carboxylic acid groups (broad SMARTS) is 1. The molecule has 0 spiro atoms. The molecule has 0 amide bonds. The van der Waals surface area contributed by atoms with Crippen molar-refractivity contribution in [2.24, 2.45) is 0 Å². The van der Waals surface area contributed by atoms with Gasteiger partial charge in [0.05, 0.1) is 34.4 Å². The number of hydrogen-bond acceptors (Lipinski definition) is 7. The first-order valence-corrected chi connectivity index (χ1v) is 35.9. The number of likely N-dealkylation sites (N-methyl/N-ethyl adjacent to an activating group) is 1. The lowest BCUT2D eigenvalue weighted by molar-refractivity contribution is -0.870. The van der Waals surface area contributed by atoms with Gasteiger partial charge in [-0.3, -0.25) is 9.59 Å². The minimum Gasteiger partial charge on any atom is -0.477 e. The summed E-state index contributed by atoms with van der Waals surface area (Å²) in [6.45, 7) is 4.56. The van der Waals surface area contributed by atoms with E-state index >= 15 is 0 Å². The first-order valence-electron chi connectivity index (χ1n) is 35.9. The Balaban J connectivity index is 4.30. The highest BCUT2D eigenvalue weighted by atomic mass is 16.7. The van der Waals surface area contributed by atoms with Gasteiger partial charge in [0.15, 0.2) is 6.10 Å². The van der Waals surface area contributed by atoms with Gasteiger partial charge in [0.25, 0.3) is 6.29 Å². The molecule has 0 aromatic carbocycles. The largest absolute Gasteiger partial charge is 0.477 e. The molecule has 0 radical (unpaired) electrons. The Labute approximate surface area is 568 Å². The molecule has 0 saturated heterocycles. The summed E-state index contributed by atoms with van der Waals surface area (Å²) in [6.07, 6.45) is 110. The maximum Gasteiger partial charge on any atom is 0.361 e. The van der Waals surface area contributed by atoms with Gasteiger partial charge in [-0.1, -0.05) is 284 Å². The third-order valence-electron chi connectivity index (χ3n) is 14.2. The second-order valence-corrected chi connectivity index (χ2v) is 24.1. The van der Waals surface area contributed by atoms with Crippen LogP contribution in [-0.2, 0) is 33.3 Å². The molecule has 9 heteroatoms. The second-order valence-electron chi connectivity index (χ2n) is 24.1. The Kier molecular flexibility index (Phi) is 66.5. The minimum atomic E-state index is -1.54. The summed E-state index contributed by atoms with van der Waals surface area (Å²) < 4.78 is 22.9. The van der Waals surface area contributed by atoms with Crippen LogP contribution in [-0.4, -0.2) is 87.4 Å². The number of quaternary nitrogens is 1. The molecule has 0 aliphatic carbocycles. The number of allylic oxidation sites excluding steroid dienone is 36. The molecule has 518 valence electrons. The summed E-state index contributed by atoms with van der Waals surface area (Å²) in [4.78, 5) is 37.6. The Hall–Kier alpha value is -6.39. The molecule has 0 aliphatic heterocycles. The van der Waals surface area contributed by atoms with E-state index in [0.717, 1.165) is 161 Å². The number of unbranched alkanes of at least 4 members (excludes halogenated alkanes) is 12. The molecule has 2 atom stereocenters. The van der Waals surface area contributed by atoms with Crippen molar-refractivity contribution in [3.8, 4) is 0 Å². The molecule has 93 heavy (non-hydrogen) atoms. The zero-order valence-electron chi connectivity index (χ0n) is 59.1. The van der Waals surface area contributed by atoms with Gasteiger partial charge in [0, 0.05) is 12.8 Å². The van der Waals surface area contributed by atoms with Crippen LogP contribution in [0.15, 0.2) is 219 Å². The van der Waals surface area contributed by atoms with Crippen molar-refractivity contribution in [2.75, 3.05) is 47.5 Å². The highest BCUT2D eigenvalue weighted by Gasteiger charge is 2.25. The van der Waals surface area contributed by atoms with E-state index in [9.17, 15) is 19.5 Å². The van der Waals surface area contributed by atoms with Crippen LogP contribution in [0.2, 0.25) is 0 Å². The van der Waals surface area contributed by atoms with Gasteiger partial charge in [0.1, 0.15) is 13.2 Å². The molecule has 9 nitrogen and oxygen atoms in total. The van der Waals surface area contributed by atoms with E-state index in [0.29, 0.717) is 17.4 Å². The fourth-order valence-electron chi connectivity index (χ4n) is 8.82. The average Bonchev–Trinajstić information content (AvgIpc) is 3.38. The molecular weight excluding hydrogens is 1150 g/mol. The van der Waals surface area contributed by atoms with Crippen molar-refractivity contribution in [3.63, 3.8) is 0 Å². The summed E-state index contributed by atoms with van der Waals surface area (Å²) in [5.74, 6) is -2.10. The monoisotopic (exact) mass is 1280 g/mol. The number of rotatable bonds is 63. The van der Waals surface area contributed by atoms with Crippen molar-refractivity contribution < 1.29 is 42.9 Å². The highest BCUT2D eigenvalue weighted by Crippen LogP contribution is 2.14. The summed E-state index contributed by atoms with van der Waals surface area (Å²) in [7, 11) is 5.94. The molecular formula is C84H130NO8+. The number of ether oxygens (including phenoxy) is 4. The Morgan fingerprint density at radius 2 is 0.581 bits per heavy atom. The van der Waals surface area contributed by atoms with Crippen LogP contribution in [0.25, 0.3) is 0 Å². The van der Waals surface area contributed by atoms with Crippen molar-refractivity contribution in [3.05, 3.63) is 219 Å². The number of carbonyl (C=O) groups is 3. The molecule has 2 unspecified atom stereocenters. The normalized spacial score (nSPS) is 14.0. The quantitative estimate of drug-likeness (QED) is 0.0211. The maximum atomic E-state index is 12.9. The Morgan fingerprint density at radius 1 is 0.323 bits per heavy atom. The van der Waals surface area contributed by atoms with Crippen LogP contribution in [0, 0.1) is 0 Å². The number of nitrogens with zero attached hydrogens (tertiary/aromatic N) is 1. The molecule has 0 heterocycles. The summed E-state index contributed by atoms with van der Waals surface area (Å²) in [5, 5.41) is 9.75. The molecule has 0 saturated carbocycles. The first-order chi connectivity index (χ1) is 45.6. The maximum absolute atomic E-state index is 12.9. The van der Waals surface area contributed by atoms with Crippen LogP contribution >= 0.6 is 0 Å². The molecule has 1 N–H and O–H groups in total. The third-order valence-corrected chi connectivity index (χ3v) is 14.2. The van der Waals surface area contributed by atoms with Crippen LogP contribution in [0.4, 0.5) is 0 Å². The van der Waals surface area contributed by atoms with Crippen LogP contribution in [0.3, 0.4) is 0 Å². The molecule has 0 aromatic heterocycles. The van der Waals surface area contributed by atoms with Gasteiger partial charge in [-0.2, -0.15) is 0 Å². The van der Waals surface area contributed by atoms with Crippen LogP contribution in [0.1, 0.15) is 232 Å². The van der Waals surface area contributed by atoms with E-state index in [-0.39, 0.29) is 38.6 Å². The number of carbonyl (C=O) groups excluding carboxylic acids is 2. The molecule has 0 rings (SSSR count). The zero-order valence-corrected chi connectivity index (χ0v) is 59.1. The van der Waals surface area contributed by atoms with Gasteiger partial charge in [0.2, 0.25) is 0 Å². The fourth-order valence-corrected chi connectivity index (χ4v) is 8.82. The number of esters is 2. The van der Waals surface area contributed by atoms with Crippen molar-refractivity contribution in [2.45, 2.75) is 245 Å². The van der Waals surface area contributed by atoms with Crippen molar-refractivity contribution in [1.29, 1.82) is 0 Å². The molecule has 0 bridgehead atoms. The van der Waals surface area contributed by atoms with E-state index in [1.54, 1.807) is 0 Å². The Bertz CT molecular complexity index is 2330. The van der Waals surface area contributed by atoms with E-state index in [4.69, 9.17) is 18.9 Å². The Morgan fingerprint density at radius 3 is 0.882 bits per heavy atom. The van der Waals surface area contributed by atoms with Crippen molar-refractivity contribution >= 4 is 17.9 Å². The minimum absolute atomic E-state index is 0.166. The lowest BCUT2D eigenvalue weighted by Crippen LogP contribution is -2.40. The number of carboxylic acids is 1. The van der Waals surface area contributed by atoms with E-state index in [2.05, 4.69) is 233 Å². The molecule has 0 aromatic rings. The number of aliphatic carboxylic acids is 1. The smallest absolute Gasteiger partial charge is 0.361 e. The predicted molar refractivity (Wildman–Crippen MR) is 400 cm³/mol. The van der Waals surface area contributed by atoms with Gasteiger partial charge in [-0.25, -0.2) is 4.79 Å². The van der Waals surface area contributed by atoms with Gasteiger partial charge in [-0.15, -0.1) is 0 Å². The molecule has 0 aliphatic rings. The van der Waals surface area contributed by atoms with Gasteiger partial charge in [-0.05, 0) is 154 Å². The van der Waals surface area contributed by atoms with Gasteiger partial charge >= 0.3 is 17.9 Å². The zero-order chi connectivity index (χ0) is 67.5. The van der Waals surface area contributed by atoms with E-state index < -0.39 is 24.3 Å². The average molecular weight is 1280 g/mol. The lowest BCUT2D eigenvalue weighted by Gasteiger charge is -2.25. The van der Waals surface area contributed by atoms with E-state index in [1.165, 1.54) is 38.5 Å². The lowest BCUT2D eigenvalue weighted by atomic mass is 10.1. The number of hydrogen-bond donors (Lipinski definition) is 1. The molecule has 0 fully saturated rings. The fraction of sp³-hybridized carbons (Fsp3) is 0.536. The second kappa shape index (κ2) is 71.5. The topological polar surface area (TPSA) is 108 Å². The van der Waals surface area contributed by atoms with E-state index in [1.807, 2.05) is 21.1 Å². The predicted octanol–water partition coefficient (Wildman–Crippen LogP) is 22.9. The summed E-state index contributed by atoms with van der Waals surface area (Å²) in [6, 6.07) is 0. The standard InChI is InChI=1S/C84H129NO8/c1-6-8-10-12-14-16-18-20-22-24-26-28-30-32-34-36-37-38-39-40-41-42-43-44-45-47-49-51-53-55-57-59-61-63-65-67-69-71-73-75-82(87)93-80(79-92-84(83(88)89)90-77-76-85(3,4)5)78-91-81(86)74-72-70-68-66-64-62-60-58-56-54-52-50-48-46-35-33-31-29-27-25-23-21-19-17-15-13-11-9-7-2/h8-11,14-17,20-23,26-29,32-35,37-38,40-41,43-44,47-50,53,55,59,61,65,67,80,84H,6-7,12-13,18-19,24-25,30-31,36,39,42,45-46,51-52,54,56-58,60,62-64,66,68-79H2,1-5H3/p+1/b10-8-,11-9-,16-14-,17-15-,22-20-,23-21-,28-26-,29-27-,34-32-,35-33-,38-37-,41-40-,44-43-,49-47-,50-48-,55-53-,61-59-,67-65-. The third kappa shape index (κ3) is 72.9.